The fraction of sp³-hybridized carbons (Fsp3) is 0.250. The molecule has 0 N–H and O–H groups in total. The summed E-state index contributed by atoms with van der Waals surface area (Å²) in [5, 5.41) is 10.3. The average molecular weight is 237 g/mol. The number of hydrogen-bond donors (Lipinski definition) is 0. The highest BCUT2D eigenvalue weighted by atomic mass is 32.2. The molecule has 0 spiro atoms. The highest BCUT2D eigenvalue weighted by molar-refractivity contribution is 8.00. The molecule has 0 aromatic heterocycles. The summed E-state index contributed by atoms with van der Waals surface area (Å²) >= 11 is -0.346. The Balaban J connectivity index is 3.06. The quantitative estimate of drug-likeness (QED) is 0.449. The van der Waals surface area contributed by atoms with Crippen molar-refractivity contribution in [2.75, 3.05) is 0 Å². The van der Waals surface area contributed by atoms with Crippen LogP contribution in [0.5, 0.6) is 0 Å². The standard InChI is InChI=1S/C8H6F3NO2S/c1-5-2-3-6(12(13)14)4-7(5)15-8(9,10)11/h2-4H,1H3. The predicted molar refractivity (Wildman–Crippen MR) is 49.7 cm³/mol. The molecule has 3 nitrogen and oxygen atoms in total. The zero-order valence-electron chi connectivity index (χ0n) is 7.54. The number of nitro benzene ring substituents is 1. The molecule has 1 aromatic rings. The van der Waals surface area contributed by atoms with Crippen LogP contribution in [-0.4, -0.2) is 10.4 Å². The lowest BCUT2D eigenvalue weighted by molar-refractivity contribution is -0.385. The number of alkyl halides is 3. The third kappa shape index (κ3) is 3.43. The first-order valence-electron chi connectivity index (χ1n) is 3.80. The van der Waals surface area contributed by atoms with E-state index in [4.69, 9.17) is 0 Å². The highest BCUT2D eigenvalue weighted by Gasteiger charge is 2.30. The second kappa shape index (κ2) is 4.09. The first-order chi connectivity index (χ1) is 6.79. The second-order valence-electron chi connectivity index (χ2n) is 2.75. The van der Waals surface area contributed by atoms with Crippen molar-refractivity contribution in [1.29, 1.82) is 0 Å². The zero-order chi connectivity index (χ0) is 11.6. The molecule has 1 aromatic carbocycles. The van der Waals surface area contributed by atoms with Gasteiger partial charge in [0.2, 0.25) is 0 Å². The van der Waals surface area contributed by atoms with Gasteiger partial charge in [-0.2, -0.15) is 13.2 Å². The minimum Gasteiger partial charge on any atom is -0.258 e. The molecule has 0 heterocycles. The molecule has 7 heteroatoms. The van der Waals surface area contributed by atoms with Crippen molar-refractivity contribution in [3.8, 4) is 0 Å². The third-order valence-electron chi connectivity index (χ3n) is 1.61. The van der Waals surface area contributed by atoms with E-state index in [2.05, 4.69) is 0 Å². The van der Waals surface area contributed by atoms with Crippen LogP contribution in [0.3, 0.4) is 0 Å². The van der Waals surface area contributed by atoms with Gasteiger partial charge in [0.15, 0.2) is 0 Å². The Bertz CT molecular complexity index is 392. The van der Waals surface area contributed by atoms with Gasteiger partial charge >= 0.3 is 5.51 Å². The van der Waals surface area contributed by atoms with Gasteiger partial charge in [-0.1, -0.05) is 6.07 Å². The van der Waals surface area contributed by atoms with Gasteiger partial charge in [0.25, 0.3) is 5.69 Å². The first-order valence-corrected chi connectivity index (χ1v) is 4.62. The molecule has 0 bridgehead atoms. The number of benzene rings is 1. The molecule has 82 valence electrons. The molecule has 0 saturated heterocycles. The van der Waals surface area contributed by atoms with Gasteiger partial charge in [-0.15, -0.1) is 0 Å². The van der Waals surface area contributed by atoms with E-state index in [0.717, 1.165) is 6.07 Å². The topological polar surface area (TPSA) is 43.1 Å². The number of non-ortho nitro benzene ring substituents is 1. The summed E-state index contributed by atoms with van der Waals surface area (Å²) in [6.45, 7) is 1.47. The number of hydrogen-bond acceptors (Lipinski definition) is 3. The Kier molecular flexibility index (Phi) is 3.23. The lowest BCUT2D eigenvalue weighted by Crippen LogP contribution is -2.00. The van der Waals surface area contributed by atoms with E-state index >= 15 is 0 Å². The van der Waals surface area contributed by atoms with Crippen LogP contribution < -0.4 is 0 Å². The zero-order valence-corrected chi connectivity index (χ0v) is 8.35. The maximum atomic E-state index is 12.0. The molecule has 0 radical (unpaired) electrons. The van der Waals surface area contributed by atoms with Crippen molar-refractivity contribution in [2.45, 2.75) is 17.3 Å². The molecule has 0 atom stereocenters. The molecule has 0 amide bonds. The first kappa shape index (κ1) is 11.8. The molecule has 0 unspecified atom stereocenters. The van der Waals surface area contributed by atoms with Gasteiger partial charge in [-0.25, -0.2) is 0 Å². The summed E-state index contributed by atoms with van der Waals surface area (Å²) in [4.78, 5) is 9.48. The molecule has 0 aliphatic rings. The summed E-state index contributed by atoms with van der Waals surface area (Å²) in [5.74, 6) is 0. The van der Waals surface area contributed by atoms with Crippen LogP contribution in [0.15, 0.2) is 23.1 Å². The van der Waals surface area contributed by atoms with Gasteiger partial charge in [0, 0.05) is 17.0 Å². The number of nitrogens with zero attached hydrogens (tertiary/aromatic N) is 1. The van der Waals surface area contributed by atoms with Gasteiger partial charge in [-0.05, 0) is 24.2 Å². The summed E-state index contributed by atoms with van der Waals surface area (Å²) in [6.07, 6.45) is 0. The second-order valence-corrected chi connectivity index (χ2v) is 3.86. The highest BCUT2D eigenvalue weighted by Crippen LogP contribution is 2.39. The van der Waals surface area contributed by atoms with Crippen LogP contribution in [0, 0.1) is 17.0 Å². The molecule has 15 heavy (non-hydrogen) atoms. The maximum Gasteiger partial charge on any atom is 0.446 e. The van der Waals surface area contributed by atoms with E-state index in [1.165, 1.54) is 19.1 Å². The van der Waals surface area contributed by atoms with Crippen molar-refractivity contribution >= 4 is 17.4 Å². The van der Waals surface area contributed by atoms with Crippen molar-refractivity contribution < 1.29 is 18.1 Å². The maximum absolute atomic E-state index is 12.0. The van der Waals surface area contributed by atoms with Gasteiger partial charge in [-0.3, -0.25) is 10.1 Å². The minimum absolute atomic E-state index is 0.142. The van der Waals surface area contributed by atoms with Gasteiger partial charge < -0.3 is 0 Å². The Labute approximate surface area is 87.4 Å². The number of thioether (sulfide) groups is 1. The lowest BCUT2D eigenvalue weighted by Gasteiger charge is -2.07. The molecule has 0 aliphatic heterocycles. The average Bonchev–Trinajstić information content (AvgIpc) is 2.06. The predicted octanol–water partition coefficient (Wildman–Crippen LogP) is 3.52. The molecule has 0 fully saturated rings. The number of rotatable bonds is 2. The number of halogens is 3. The fourth-order valence-electron chi connectivity index (χ4n) is 0.937. The summed E-state index contributed by atoms with van der Waals surface area (Å²) in [6, 6.07) is 3.40. The molecular formula is C8H6F3NO2S. The van der Waals surface area contributed by atoms with Crippen molar-refractivity contribution in [2.24, 2.45) is 0 Å². The van der Waals surface area contributed by atoms with Gasteiger partial charge in [0.1, 0.15) is 0 Å². The Hall–Kier alpha value is -1.24. The van der Waals surface area contributed by atoms with Crippen LogP contribution >= 0.6 is 11.8 Å². The monoisotopic (exact) mass is 237 g/mol. The number of nitro groups is 1. The van der Waals surface area contributed by atoms with E-state index in [9.17, 15) is 23.3 Å². The van der Waals surface area contributed by atoms with Crippen LogP contribution in [0.25, 0.3) is 0 Å². The smallest absolute Gasteiger partial charge is 0.258 e. The van der Waals surface area contributed by atoms with Crippen LogP contribution in [0.1, 0.15) is 5.56 Å². The van der Waals surface area contributed by atoms with E-state index in [1.807, 2.05) is 0 Å². The summed E-state index contributed by atoms with van der Waals surface area (Å²) in [5.41, 5.74) is -4.41. The Morgan fingerprint density at radius 1 is 1.40 bits per heavy atom. The molecular weight excluding hydrogens is 231 g/mol. The minimum atomic E-state index is -4.43. The fourth-order valence-corrected chi connectivity index (χ4v) is 1.60. The number of aryl methyl sites for hydroxylation is 1. The van der Waals surface area contributed by atoms with E-state index in [0.29, 0.717) is 5.56 Å². The molecule has 1 rings (SSSR count). The van der Waals surface area contributed by atoms with Crippen LogP contribution in [0.4, 0.5) is 18.9 Å². The van der Waals surface area contributed by atoms with Crippen molar-refractivity contribution in [3.05, 3.63) is 33.9 Å². The normalized spacial score (nSPS) is 11.5. The van der Waals surface area contributed by atoms with E-state index < -0.39 is 10.4 Å². The van der Waals surface area contributed by atoms with Crippen molar-refractivity contribution in [1.82, 2.24) is 0 Å². The van der Waals surface area contributed by atoms with Gasteiger partial charge in [0.05, 0.1) is 4.92 Å². The van der Waals surface area contributed by atoms with E-state index in [1.54, 1.807) is 0 Å². The summed E-state index contributed by atoms with van der Waals surface area (Å²) < 4.78 is 36.1. The molecule has 0 saturated carbocycles. The van der Waals surface area contributed by atoms with Crippen molar-refractivity contribution in [3.63, 3.8) is 0 Å². The molecule has 0 aliphatic carbocycles. The Morgan fingerprint density at radius 3 is 2.47 bits per heavy atom. The lowest BCUT2D eigenvalue weighted by atomic mass is 10.2. The van der Waals surface area contributed by atoms with Crippen LogP contribution in [0.2, 0.25) is 0 Å². The largest absolute Gasteiger partial charge is 0.446 e. The SMILES string of the molecule is Cc1ccc([N+](=O)[O-])cc1SC(F)(F)F. The summed E-state index contributed by atoms with van der Waals surface area (Å²) in [7, 11) is 0. The van der Waals surface area contributed by atoms with E-state index in [-0.39, 0.29) is 22.3 Å². The van der Waals surface area contributed by atoms with Crippen LogP contribution in [-0.2, 0) is 0 Å². The third-order valence-corrected chi connectivity index (χ3v) is 2.50. The Morgan fingerprint density at radius 2 is 2.00 bits per heavy atom.